The standard InChI is InChI=1S/C24H20ClF3N4O2/c1-13-6-7-20(29-10-13)32-15(11-33-2)12-34-22-16(4-3-5-19(22)32)23-30-18-9-14(24(26,27)28)8-17(25)21(18)31-23/h3-10,15H,11-12H2,1-2H3,(H,30,31). The maximum atomic E-state index is 13.2. The van der Waals surface area contributed by atoms with Crippen molar-refractivity contribution in [3.05, 3.63) is 64.8 Å². The van der Waals surface area contributed by atoms with Gasteiger partial charge in [0.2, 0.25) is 0 Å². The number of pyridine rings is 1. The first kappa shape index (κ1) is 22.5. The lowest BCUT2D eigenvalue weighted by molar-refractivity contribution is -0.137. The van der Waals surface area contributed by atoms with Crippen LogP contribution in [0.25, 0.3) is 22.4 Å². The Hall–Kier alpha value is -3.30. The number of hydrogen-bond donors (Lipinski definition) is 1. The van der Waals surface area contributed by atoms with E-state index in [1.54, 1.807) is 19.4 Å². The Morgan fingerprint density at radius 2 is 2.06 bits per heavy atom. The summed E-state index contributed by atoms with van der Waals surface area (Å²) in [7, 11) is 1.63. The molecule has 1 unspecified atom stereocenters. The molecule has 0 aliphatic carbocycles. The Bertz CT molecular complexity index is 1360. The van der Waals surface area contributed by atoms with Gasteiger partial charge in [-0.2, -0.15) is 13.2 Å². The van der Waals surface area contributed by atoms with Crippen molar-refractivity contribution in [1.29, 1.82) is 0 Å². The fourth-order valence-electron chi connectivity index (χ4n) is 4.10. The van der Waals surface area contributed by atoms with Crippen molar-refractivity contribution in [3.8, 4) is 17.1 Å². The van der Waals surface area contributed by atoms with Crippen LogP contribution in [0.1, 0.15) is 11.1 Å². The number of alkyl halides is 3. The van der Waals surface area contributed by atoms with Gasteiger partial charge in [0.15, 0.2) is 5.75 Å². The molecule has 4 aromatic rings. The third-order valence-corrected chi connectivity index (χ3v) is 5.95. The molecule has 3 heterocycles. The Morgan fingerprint density at radius 3 is 2.76 bits per heavy atom. The second-order valence-corrected chi connectivity index (χ2v) is 8.48. The van der Waals surface area contributed by atoms with Crippen molar-refractivity contribution in [2.45, 2.75) is 19.1 Å². The quantitative estimate of drug-likeness (QED) is 0.373. The van der Waals surface area contributed by atoms with E-state index in [-0.39, 0.29) is 22.1 Å². The smallest absolute Gasteiger partial charge is 0.416 e. The monoisotopic (exact) mass is 488 g/mol. The average molecular weight is 489 g/mol. The van der Waals surface area contributed by atoms with Gasteiger partial charge >= 0.3 is 6.18 Å². The number of rotatable bonds is 4. The number of aryl methyl sites for hydroxylation is 1. The molecule has 1 aliphatic heterocycles. The third-order valence-electron chi connectivity index (χ3n) is 5.66. The van der Waals surface area contributed by atoms with Gasteiger partial charge < -0.3 is 19.4 Å². The first-order chi connectivity index (χ1) is 16.3. The van der Waals surface area contributed by atoms with Crippen LogP contribution in [-0.4, -0.2) is 41.3 Å². The molecule has 2 aromatic carbocycles. The molecule has 34 heavy (non-hydrogen) atoms. The summed E-state index contributed by atoms with van der Waals surface area (Å²) in [5.74, 6) is 1.63. The van der Waals surface area contributed by atoms with Crippen LogP contribution in [0.3, 0.4) is 0 Å². The molecule has 0 saturated heterocycles. The number of aromatic amines is 1. The number of hydrogen-bond acceptors (Lipinski definition) is 5. The van der Waals surface area contributed by atoms with Crippen molar-refractivity contribution < 1.29 is 22.6 Å². The van der Waals surface area contributed by atoms with E-state index in [0.29, 0.717) is 30.4 Å². The molecule has 0 spiro atoms. The minimum atomic E-state index is -4.52. The molecular formula is C24H20ClF3N4O2. The molecule has 176 valence electrons. The van der Waals surface area contributed by atoms with Crippen LogP contribution in [0.15, 0.2) is 48.7 Å². The predicted molar refractivity (Wildman–Crippen MR) is 124 cm³/mol. The first-order valence-corrected chi connectivity index (χ1v) is 10.9. The lowest BCUT2D eigenvalue weighted by Crippen LogP contribution is -2.43. The predicted octanol–water partition coefficient (Wildman–Crippen LogP) is 6.15. The zero-order chi connectivity index (χ0) is 24.0. The summed E-state index contributed by atoms with van der Waals surface area (Å²) in [6, 6.07) is 11.2. The number of methoxy groups -OCH3 is 1. The van der Waals surface area contributed by atoms with E-state index >= 15 is 0 Å². The van der Waals surface area contributed by atoms with Gasteiger partial charge in [-0.15, -0.1) is 0 Å². The summed E-state index contributed by atoms with van der Waals surface area (Å²) >= 11 is 6.14. The summed E-state index contributed by atoms with van der Waals surface area (Å²) in [5, 5.41) is -0.0799. The van der Waals surface area contributed by atoms with Gasteiger partial charge in [0.25, 0.3) is 0 Å². The number of H-pyrrole nitrogens is 1. The minimum absolute atomic E-state index is 0.0799. The Labute approximate surface area is 198 Å². The topological polar surface area (TPSA) is 63.3 Å². The molecule has 10 heteroatoms. The Balaban J connectivity index is 1.64. The van der Waals surface area contributed by atoms with Crippen LogP contribution < -0.4 is 9.64 Å². The summed E-state index contributed by atoms with van der Waals surface area (Å²) in [6.07, 6.45) is -2.73. The highest BCUT2D eigenvalue weighted by molar-refractivity contribution is 6.35. The maximum absolute atomic E-state index is 13.2. The number of anilines is 2. The van der Waals surface area contributed by atoms with Crippen molar-refractivity contribution in [2.24, 2.45) is 0 Å². The molecule has 2 aromatic heterocycles. The summed E-state index contributed by atoms with van der Waals surface area (Å²) in [6.45, 7) is 2.71. The number of ether oxygens (including phenoxy) is 2. The summed E-state index contributed by atoms with van der Waals surface area (Å²) in [4.78, 5) is 14.1. The molecule has 1 N–H and O–H groups in total. The highest BCUT2D eigenvalue weighted by Crippen LogP contribution is 2.45. The van der Waals surface area contributed by atoms with Gasteiger partial charge in [0.05, 0.1) is 40.0 Å². The number of benzene rings is 2. The van der Waals surface area contributed by atoms with Crippen molar-refractivity contribution in [2.75, 3.05) is 25.2 Å². The van der Waals surface area contributed by atoms with Crippen molar-refractivity contribution in [1.82, 2.24) is 15.0 Å². The highest BCUT2D eigenvalue weighted by Gasteiger charge is 2.33. The van der Waals surface area contributed by atoms with Crippen LogP contribution in [0.4, 0.5) is 24.7 Å². The van der Waals surface area contributed by atoms with E-state index in [2.05, 4.69) is 15.0 Å². The number of para-hydroxylation sites is 1. The fourth-order valence-corrected chi connectivity index (χ4v) is 4.36. The number of fused-ring (bicyclic) bond motifs is 2. The van der Waals surface area contributed by atoms with Crippen molar-refractivity contribution >= 4 is 34.1 Å². The van der Waals surface area contributed by atoms with Gasteiger partial charge in [0.1, 0.15) is 23.8 Å². The maximum Gasteiger partial charge on any atom is 0.416 e. The lowest BCUT2D eigenvalue weighted by atomic mass is 10.1. The Morgan fingerprint density at radius 1 is 1.24 bits per heavy atom. The molecule has 5 rings (SSSR count). The van der Waals surface area contributed by atoms with Crippen LogP contribution in [0, 0.1) is 6.92 Å². The number of nitrogens with zero attached hydrogens (tertiary/aromatic N) is 3. The first-order valence-electron chi connectivity index (χ1n) is 10.5. The summed E-state index contributed by atoms with van der Waals surface area (Å²) < 4.78 is 51.3. The van der Waals surface area contributed by atoms with E-state index < -0.39 is 11.7 Å². The SMILES string of the molecule is COCC1COc2c(-c3nc4c(Cl)cc(C(F)(F)F)cc4[nH]3)cccc2N1c1ccc(C)cn1. The lowest BCUT2D eigenvalue weighted by Gasteiger charge is -2.38. The molecule has 0 bridgehead atoms. The van der Waals surface area contributed by atoms with E-state index in [0.717, 1.165) is 29.2 Å². The average Bonchev–Trinajstić information content (AvgIpc) is 3.24. The zero-order valence-electron chi connectivity index (χ0n) is 18.3. The minimum Gasteiger partial charge on any atom is -0.488 e. The molecule has 0 saturated carbocycles. The molecule has 6 nitrogen and oxygen atoms in total. The van der Waals surface area contributed by atoms with E-state index in [4.69, 9.17) is 21.1 Å². The largest absolute Gasteiger partial charge is 0.488 e. The zero-order valence-corrected chi connectivity index (χ0v) is 19.0. The van der Waals surface area contributed by atoms with E-state index in [1.165, 1.54) is 0 Å². The molecule has 0 amide bonds. The normalized spacial score (nSPS) is 15.9. The second kappa shape index (κ2) is 8.48. The number of imidazole rings is 1. The Kier molecular flexibility index (Phi) is 5.61. The molecule has 0 radical (unpaired) electrons. The number of aromatic nitrogens is 3. The fraction of sp³-hybridized carbons (Fsp3) is 0.250. The van der Waals surface area contributed by atoms with Crippen LogP contribution >= 0.6 is 11.6 Å². The van der Waals surface area contributed by atoms with Crippen LogP contribution in [0.2, 0.25) is 5.02 Å². The molecule has 1 atom stereocenters. The van der Waals surface area contributed by atoms with Gasteiger partial charge in [-0.05, 0) is 42.8 Å². The van der Waals surface area contributed by atoms with Gasteiger partial charge in [-0.1, -0.05) is 23.7 Å². The van der Waals surface area contributed by atoms with Crippen LogP contribution in [0.5, 0.6) is 5.75 Å². The molecule has 0 fully saturated rings. The van der Waals surface area contributed by atoms with Gasteiger partial charge in [0, 0.05) is 13.3 Å². The molecule has 1 aliphatic rings. The third kappa shape index (κ3) is 3.95. The van der Waals surface area contributed by atoms with Crippen molar-refractivity contribution in [3.63, 3.8) is 0 Å². The van der Waals surface area contributed by atoms with E-state index in [9.17, 15) is 13.2 Å². The number of nitrogens with one attached hydrogen (secondary N) is 1. The van der Waals surface area contributed by atoms with Gasteiger partial charge in [-0.3, -0.25) is 0 Å². The van der Waals surface area contributed by atoms with Crippen LogP contribution in [-0.2, 0) is 10.9 Å². The second-order valence-electron chi connectivity index (χ2n) is 8.08. The molecular weight excluding hydrogens is 469 g/mol. The summed E-state index contributed by atoms with van der Waals surface area (Å²) in [5.41, 5.74) is 2.00. The van der Waals surface area contributed by atoms with Gasteiger partial charge in [-0.25, -0.2) is 9.97 Å². The number of halogens is 4. The van der Waals surface area contributed by atoms with E-state index in [1.807, 2.05) is 36.1 Å². The highest BCUT2D eigenvalue weighted by atomic mass is 35.5.